The predicted octanol–water partition coefficient (Wildman–Crippen LogP) is 1.63. The number of rotatable bonds is 2. The van der Waals surface area contributed by atoms with Crippen LogP contribution >= 0.6 is 11.8 Å². The molecule has 2 saturated heterocycles. The maximum Gasteiger partial charge on any atom is 0.405 e. The van der Waals surface area contributed by atoms with Crippen LogP contribution in [0.5, 0.6) is 0 Å². The van der Waals surface area contributed by atoms with Gasteiger partial charge in [0.05, 0.1) is 6.54 Å². The average molecular weight is 282 g/mol. The van der Waals surface area contributed by atoms with Gasteiger partial charge in [-0.1, -0.05) is 6.42 Å². The zero-order valence-corrected chi connectivity index (χ0v) is 10.8. The fourth-order valence-electron chi connectivity index (χ4n) is 2.42. The fourth-order valence-corrected chi connectivity index (χ4v) is 3.75. The summed E-state index contributed by atoms with van der Waals surface area (Å²) < 4.78 is 38.6. The van der Waals surface area contributed by atoms with Crippen LogP contribution in [-0.4, -0.2) is 53.7 Å². The van der Waals surface area contributed by atoms with Crippen LogP contribution in [0.4, 0.5) is 13.2 Å². The lowest BCUT2D eigenvalue weighted by atomic mass is 10.1. The predicted molar refractivity (Wildman–Crippen MR) is 64.5 cm³/mol. The van der Waals surface area contributed by atoms with Crippen molar-refractivity contribution in [2.24, 2.45) is 0 Å². The molecule has 2 aliphatic rings. The van der Waals surface area contributed by atoms with Gasteiger partial charge in [-0.05, 0) is 18.6 Å². The molecular formula is C11H17F3N2OS. The van der Waals surface area contributed by atoms with Crippen LogP contribution in [0.25, 0.3) is 0 Å². The van der Waals surface area contributed by atoms with E-state index in [0.29, 0.717) is 6.54 Å². The minimum atomic E-state index is -4.27. The molecule has 1 amide bonds. The molecule has 0 aromatic heterocycles. The quantitative estimate of drug-likeness (QED) is 0.835. The van der Waals surface area contributed by atoms with Gasteiger partial charge in [0, 0.05) is 18.3 Å². The van der Waals surface area contributed by atoms with Gasteiger partial charge in [-0.25, -0.2) is 0 Å². The van der Waals surface area contributed by atoms with Gasteiger partial charge in [0.15, 0.2) is 0 Å². The monoisotopic (exact) mass is 282 g/mol. The highest BCUT2D eigenvalue weighted by Gasteiger charge is 2.46. The van der Waals surface area contributed by atoms with E-state index in [4.69, 9.17) is 0 Å². The topological polar surface area (TPSA) is 32.3 Å². The van der Waals surface area contributed by atoms with E-state index in [1.807, 2.05) is 0 Å². The van der Waals surface area contributed by atoms with Gasteiger partial charge >= 0.3 is 6.18 Å². The Bertz CT molecular complexity index is 305. The molecule has 0 radical (unpaired) electrons. The van der Waals surface area contributed by atoms with E-state index in [1.54, 1.807) is 11.8 Å². The molecule has 0 aromatic rings. The first-order valence-electron chi connectivity index (χ1n) is 6.16. The third-order valence-corrected chi connectivity index (χ3v) is 4.75. The molecule has 2 atom stereocenters. The van der Waals surface area contributed by atoms with Crippen LogP contribution in [0.2, 0.25) is 0 Å². The molecule has 2 fully saturated rings. The minimum Gasteiger partial charge on any atom is -0.353 e. The first-order chi connectivity index (χ1) is 8.47. The smallest absolute Gasteiger partial charge is 0.353 e. The number of carbonyl (C=O) groups is 1. The van der Waals surface area contributed by atoms with Crippen molar-refractivity contribution in [1.29, 1.82) is 0 Å². The number of amides is 1. The molecule has 2 rings (SSSR count). The van der Waals surface area contributed by atoms with E-state index < -0.39 is 12.2 Å². The maximum absolute atomic E-state index is 12.9. The third-order valence-electron chi connectivity index (χ3n) is 3.37. The number of nitrogens with zero attached hydrogens (tertiary/aromatic N) is 1. The van der Waals surface area contributed by atoms with Crippen molar-refractivity contribution in [2.45, 2.75) is 36.7 Å². The van der Waals surface area contributed by atoms with Gasteiger partial charge in [0.1, 0.15) is 6.04 Å². The van der Waals surface area contributed by atoms with Crippen LogP contribution < -0.4 is 5.32 Å². The molecule has 1 N–H and O–H groups in total. The Labute approximate surface area is 108 Å². The Morgan fingerprint density at radius 1 is 1.39 bits per heavy atom. The van der Waals surface area contributed by atoms with Crippen molar-refractivity contribution in [3.63, 3.8) is 0 Å². The van der Waals surface area contributed by atoms with Crippen molar-refractivity contribution >= 4 is 17.7 Å². The standard InChI is InChI=1S/C11H17F3N2OS/c12-11(13,14)9-5-15-10(17)7-16(9)6-8-3-1-2-4-18-8/h8-9H,1-7H2,(H,15,17). The number of piperazine rings is 1. The van der Waals surface area contributed by atoms with E-state index in [-0.39, 0.29) is 24.2 Å². The van der Waals surface area contributed by atoms with E-state index >= 15 is 0 Å². The summed E-state index contributed by atoms with van der Waals surface area (Å²) in [5.74, 6) is 0.706. The van der Waals surface area contributed by atoms with E-state index in [2.05, 4.69) is 5.32 Å². The lowest BCUT2D eigenvalue weighted by molar-refractivity contribution is -0.188. The average Bonchev–Trinajstić information content (AvgIpc) is 2.28. The summed E-state index contributed by atoms with van der Waals surface area (Å²) in [5.41, 5.74) is 0. The van der Waals surface area contributed by atoms with Crippen LogP contribution in [0.3, 0.4) is 0 Å². The minimum absolute atomic E-state index is 0.138. The Morgan fingerprint density at radius 3 is 2.78 bits per heavy atom. The number of carbonyl (C=O) groups excluding carboxylic acids is 1. The summed E-state index contributed by atoms with van der Waals surface area (Å²) >= 11 is 1.73. The van der Waals surface area contributed by atoms with Crippen molar-refractivity contribution in [3.05, 3.63) is 0 Å². The van der Waals surface area contributed by atoms with Gasteiger partial charge in [-0.3, -0.25) is 9.69 Å². The summed E-state index contributed by atoms with van der Waals surface area (Å²) in [6.45, 7) is -0.0940. The third kappa shape index (κ3) is 3.54. The summed E-state index contributed by atoms with van der Waals surface area (Å²) in [4.78, 5) is 12.6. The van der Waals surface area contributed by atoms with E-state index in [0.717, 1.165) is 25.0 Å². The highest BCUT2D eigenvalue weighted by Crippen LogP contribution is 2.30. The normalized spacial score (nSPS) is 31.2. The van der Waals surface area contributed by atoms with Crippen LogP contribution in [0, 0.1) is 0 Å². The number of hydrogen-bond donors (Lipinski definition) is 1. The molecule has 2 aliphatic heterocycles. The largest absolute Gasteiger partial charge is 0.405 e. The SMILES string of the molecule is O=C1CN(CC2CCCCS2)C(C(F)(F)F)CN1. The van der Waals surface area contributed by atoms with Crippen molar-refractivity contribution in [3.8, 4) is 0 Å². The Morgan fingerprint density at radius 2 is 2.17 bits per heavy atom. The van der Waals surface area contributed by atoms with Crippen molar-refractivity contribution in [1.82, 2.24) is 10.2 Å². The van der Waals surface area contributed by atoms with Gasteiger partial charge in [0.25, 0.3) is 0 Å². The second-order valence-electron chi connectivity index (χ2n) is 4.78. The molecule has 0 aliphatic carbocycles. The molecular weight excluding hydrogens is 265 g/mol. The zero-order valence-electron chi connectivity index (χ0n) is 10.0. The van der Waals surface area contributed by atoms with Gasteiger partial charge in [0.2, 0.25) is 5.91 Å². The number of hydrogen-bond acceptors (Lipinski definition) is 3. The lowest BCUT2D eigenvalue weighted by Crippen LogP contribution is -2.61. The van der Waals surface area contributed by atoms with E-state index in [1.165, 1.54) is 4.90 Å². The van der Waals surface area contributed by atoms with Gasteiger partial charge in [-0.2, -0.15) is 24.9 Å². The first kappa shape index (κ1) is 14.0. The van der Waals surface area contributed by atoms with Gasteiger partial charge in [-0.15, -0.1) is 0 Å². The molecule has 104 valence electrons. The van der Waals surface area contributed by atoms with Crippen molar-refractivity contribution < 1.29 is 18.0 Å². The number of alkyl halides is 3. The fraction of sp³-hybridized carbons (Fsp3) is 0.909. The van der Waals surface area contributed by atoms with Crippen LogP contribution in [0.1, 0.15) is 19.3 Å². The molecule has 0 saturated carbocycles. The molecule has 2 unspecified atom stereocenters. The molecule has 0 spiro atoms. The molecule has 0 bridgehead atoms. The maximum atomic E-state index is 12.9. The number of halogens is 3. The molecule has 18 heavy (non-hydrogen) atoms. The second kappa shape index (κ2) is 5.69. The lowest BCUT2D eigenvalue weighted by Gasteiger charge is -2.38. The number of thioether (sulfide) groups is 1. The van der Waals surface area contributed by atoms with E-state index in [9.17, 15) is 18.0 Å². The highest BCUT2D eigenvalue weighted by molar-refractivity contribution is 7.99. The summed E-state index contributed by atoms with van der Waals surface area (Å²) in [6, 6.07) is -1.53. The first-order valence-corrected chi connectivity index (χ1v) is 7.21. The van der Waals surface area contributed by atoms with Crippen LogP contribution in [-0.2, 0) is 4.79 Å². The highest BCUT2D eigenvalue weighted by atomic mass is 32.2. The Balaban J connectivity index is 1.98. The van der Waals surface area contributed by atoms with Crippen molar-refractivity contribution in [2.75, 3.05) is 25.4 Å². The molecule has 0 aromatic carbocycles. The zero-order chi connectivity index (χ0) is 13.2. The summed E-state index contributed by atoms with van der Waals surface area (Å²) in [7, 11) is 0. The Kier molecular flexibility index (Phi) is 4.42. The molecule has 3 nitrogen and oxygen atoms in total. The van der Waals surface area contributed by atoms with Crippen LogP contribution in [0.15, 0.2) is 0 Å². The molecule has 7 heteroatoms. The molecule has 2 heterocycles. The Hall–Kier alpha value is -0.430. The summed E-state index contributed by atoms with van der Waals surface area (Å²) in [5, 5.41) is 2.53. The number of nitrogens with one attached hydrogen (secondary N) is 1. The van der Waals surface area contributed by atoms with Gasteiger partial charge < -0.3 is 5.32 Å². The second-order valence-corrected chi connectivity index (χ2v) is 6.19. The summed E-state index contributed by atoms with van der Waals surface area (Å²) in [6.07, 6.45) is -1.10.